The Morgan fingerprint density at radius 3 is 3.00 bits per heavy atom. The average molecular weight is 310 g/mol. The second-order valence-corrected chi connectivity index (χ2v) is 5.42. The first-order valence-corrected chi connectivity index (χ1v) is 7.76. The molecule has 0 aromatic carbocycles. The number of rotatable bonds is 8. The maximum atomic E-state index is 11.6. The fraction of sp³-hybridized carbons (Fsp3) is 0.583. The van der Waals surface area contributed by atoms with Gasteiger partial charge in [-0.25, -0.2) is 4.98 Å². The quantitative estimate of drug-likeness (QED) is 0.557. The molecule has 2 aromatic heterocycles. The van der Waals surface area contributed by atoms with Gasteiger partial charge in [-0.15, -0.1) is 5.10 Å². The molecule has 114 valence electrons. The fourth-order valence-corrected chi connectivity index (χ4v) is 2.23. The van der Waals surface area contributed by atoms with E-state index in [9.17, 15) is 4.79 Å². The van der Waals surface area contributed by atoms with Gasteiger partial charge in [-0.05, 0) is 13.3 Å². The third-order valence-corrected chi connectivity index (χ3v) is 3.41. The first-order valence-electron chi connectivity index (χ1n) is 6.77. The highest BCUT2D eigenvalue weighted by molar-refractivity contribution is 7.98. The van der Waals surface area contributed by atoms with E-state index < -0.39 is 0 Å². The van der Waals surface area contributed by atoms with Crippen molar-refractivity contribution >= 4 is 17.7 Å². The van der Waals surface area contributed by atoms with E-state index in [1.807, 2.05) is 6.92 Å². The van der Waals surface area contributed by atoms with E-state index in [-0.39, 0.29) is 12.3 Å². The molecule has 21 heavy (non-hydrogen) atoms. The molecule has 9 heteroatoms. The van der Waals surface area contributed by atoms with Crippen LogP contribution in [-0.2, 0) is 17.0 Å². The minimum absolute atomic E-state index is 0.0898. The van der Waals surface area contributed by atoms with Crippen LogP contribution >= 0.6 is 11.8 Å². The summed E-state index contributed by atoms with van der Waals surface area (Å²) in [6.07, 6.45) is 2.15. The van der Waals surface area contributed by atoms with Crippen LogP contribution < -0.4 is 5.32 Å². The second kappa shape index (κ2) is 7.77. The number of unbranched alkanes of at least 4 members (excludes halogenated alkanes) is 1. The zero-order chi connectivity index (χ0) is 15.1. The molecule has 1 amide bonds. The minimum Gasteiger partial charge on any atom is -0.356 e. The summed E-state index contributed by atoms with van der Waals surface area (Å²) in [6, 6.07) is 0. The Balaban J connectivity index is 1.77. The number of aromatic nitrogens is 5. The van der Waals surface area contributed by atoms with Crippen molar-refractivity contribution in [1.82, 2.24) is 30.6 Å². The Hall–Kier alpha value is -1.90. The van der Waals surface area contributed by atoms with Crippen molar-refractivity contribution in [3.05, 3.63) is 17.5 Å². The fourth-order valence-electron chi connectivity index (χ4n) is 1.54. The second-order valence-electron chi connectivity index (χ2n) is 4.48. The number of carbonyl (C=O) groups excluding carboxylic acids is 1. The van der Waals surface area contributed by atoms with Gasteiger partial charge in [0.2, 0.25) is 17.0 Å². The van der Waals surface area contributed by atoms with Crippen LogP contribution in [0.3, 0.4) is 0 Å². The van der Waals surface area contributed by atoms with Gasteiger partial charge in [0.1, 0.15) is 5.82 Å². The van der Waals surface area contributed by atoms with Gasteiger partial charge in [-0.1, -0.05) is 30.3 Å². The lowest BCUT2D eigenvalue weighted by molar-refractivity contribution is -0.120. The van der Waals surface area contributed by atoms with Crippen LogP contribution in [0.1, 0.15) is 37.3 Å². The molecule has 0 saturated carbocycles. The monoisotopic (exact) mass is 310 g/mol. The molecule has 0 atom stereocenters. The van der Waals surface area contributed by atoms with Crippen LogP contribution in [0.25, 0.3) is 0 Å². The van der Waals surface area contributed by atoms with Gasteiger partial charge in [0.25, 0.3) is 0 Å². The number of aromatic amines is 1. The molecule has 2 aromatic rings. The van der Waals surface area contributed by atoms with Gasteiger partial charge >= 0.3 is 0 Å². The molecule has 2 N–H and O–H groups in total. The van der Waals surface area contributed by atoms with E-state index in [1.54, 1.807) is 0 Å². The lowest BCUT2D eigenvalue weighted by Crippen LogP contribution is -2.26. The van der Waals surface area contributed by atoms with Crippen LogP contribution in [0.5, 0.6) is 0 Å². The number of amides is 1. The highest BCUT2D eigenvalue weighted by atomic mass is 32.2. The molecule has 0 aliphatic carbocycles. The molecule has 8 nitrogen and oxygen atoms in total. The SMILES string of the molecule is CCCCNC(=O)Cc1noc(CSc2n[nH]c(C)n2)n1. The first kappa shape index (κ1) is 15.5. The van der Waals surface area contributed by atoms with Gasteiger partial charge in [0.15, 0.2) is 5.82 Å². The largest absolute Gasteiger partial charge is 0.356 e. The smallest absolute Gasteiger partial charge is 0.237 e. The van der Waals surface area contributed by atoms with E-state index in [1.165, 1.54) is 11.8 Å². The zero-order valence-corrected chi connectivity index (χ0v) is 12.9. The van der Waals surface area contributed by atoms with Crippen molar-refractivity contribution in [1.29, 1.82) is 0 Å². The molecule has 2 rings (SSSR count). The van der Waals surface area contributed by atoms with Gasteiger partial charge in [-0.2, -0.15) is 4.98 Å². The summed E-state index contributed by atoms with van der Waals surface area (Å²) >= 11 is 1.39. The van der Waals surface area contributed by atoms with Crippen molar-refractivity contribution in [2.75, 3.05) is 6.54 Å². The molecule has 0 saturated heterocycles. The minimum atomic E-state index is -0.0898. The zero-order valence-electron chi connectivity index (χ0n) is 12.0. The first-order chi connectivity index (χ1) is 10.2. The highest BCUT2D eigenvalue weighted by Gasteiger charge is 2.12. The van der Waals surface area contributed by atoms with E-state index in [0.29, 0.717) is 29.2 Å². The third kappa shape index (κ3) is 5.18. The summed E-state index contributed by atoms with van der Waals surface area (Å²) in [7, 11) is 0. The predicted octanol–water partition coefficient (Wildman–Crippen LogP) is 1.25. The summed E-state index contributed by atoms with van der Waals surface area (Å²) in [5.41, 5.74) is 0. The van der Waals surface area contributed by atoms with Gasteiger partial charge in [0, 0.05) is 6.54 Å². The van der Waals surface area contributed by atoms with Crippen molar-refractivity contribution < 1.29 is 9.32 Å². The lowest BCUT2D eigenvalue weighted by Gasteiger charge is -2.00. The molecule has 0 bridgehead atoms. The normalized spacial score (nSPS) is 10.8. The number of H-pyrrole nitrogens is 1. The van der Waals surface area contributed by atoms with Crippen LogP contribution in [0.4, 0.5) is 0 Å². The topological polar surface area (TPSA) is 110 Å². The number of hydrogen-bond acceptors (Lipinski definition) is 7. The number of carbonyl (C=O) groups is 1. The Morgan fingerprint density at radius 2 is 2.29 bits per heavy atom. The standard InChI is InChI=1S/C12H18N6O2S/c1-3-4-5-13-10(19)6-9-15-11(20-18-9)7-21-12-14-8(2)16-17-12/h3-7H2,1-2H3,(H,13,19)(H,14,16,17). The molecule has 0 radical (unpaired) electrons. The summed E-state index contributed by atoms with van der Waals surface area (Å²) < 4.78 is 5.09. The van der Waals surface area contributed by atoms with Crippen LogP contribution in [0, 0.1) is 6.92 Å². The molecule has 0 spiro atoms. The number of hydrogen-bond donors (Lipinski definition) is 2. The maximum Gasteiger partial charge on any atom is 0.237 e. The molecule has 0 unspecified atom stereocenters. The molecular formula is C12H18N6O2S. The average Bonchev–Trinajstić information content (AvgIpc) is 3.06. The van der Waals surface area contributed by atoms with Crippen molar-refractivity contribution in [3.8, 4) is 0 Å². The molecule has 2 heterocycles. The number of nitrogens with one attached hydrogen (secondary N) is 2. The Morgan fingerprint density at radius 1 is 1.43 bits per heavy atom. The van der Waals surface area contributed by atoms with E-state index in [2.05, 4.69) is 37.6 Å². The maximum absolute atomic E-state index is 11.6. The van der Waals surface area contributed by atoms with E-state index in [4.69, 9.17) is 4.52 Å². The van der Waals surface area contributed by atoms with Gasteiger partial charge in [0.05, 0.1) is 12.2 Å². The van der Waals surface area contributed by atoms with E-state index in [0.717, 1.165) is 18.7 Å². The lowest BCUT2D eigenvalue weighted by atomic mass is 10.3. The van der Waals surface area contributed by atoms with Crippen LogP contribution in [0.15, 0.2) is 9.68 Å². The summed E-state index contributed by atoms with van der Waals surface area (Å²) in [4.78, 5) is 20.0. The Labute approximate surface area is 126 Å². The number of thioether (sulfide) groups is 1. The summed E-state index contributed by atoms with van der Waals surface area (Å²) in [5.74, 6) is 1.99. The number of aryl methyl sites for hydroxylation is 1. The highest BCUT2D eigenvalue weighted by Crippen LogP contribution is 2.17. The predicted molar refractivity (Wildman–Crippen MR) is 76.6 cm³/mol. The Kier molecular flexibility index (Phi) is 5.73. The Bertz CT molecular complexity index is 582. The molecule has 0 aliphatic heterocycles. The number of nitrogens with zero attached hydrogens (tertiary/aromatic N) is 4. The molecular weight excluding hydrogens is 292 g/mol. The van der Waals surface area contributed by atoms with Gasteiger partial charge in [-0.3, -0.25) is 9.89 Å². The summed E-state index contributed by atoms with van der Waals surface area (Å²) in [5, 5.41) is 14.0. The van der Waals surface area contributed by atoms with Crippen LogP contribution in [0.2, 0.25) is 0 Å². The molecule has 0 aliphatic rings. The van der Waals surface area contributed by atoms with Gasteiger partial charge < -0.3 is 9.84 Å². The van der Waals surface area contributed by atoms with Crippen molar-refractivity contribution in [2.45, 2.75) is 44.0 Å². The van der Waals surface area contributed by atoms with Crippen molar-refractivity contribution in [2.24, 2.45) is 0 Å². The third-order valence-electron chi connectivity index (χ3n) is 2.58. The van der Waals surface area contributed by atoms with Crippen LogP contribution in [-0.4, -0.2) is 37.8 Å². The van der Waals surface area contributed by atoms with Crippen molar-refractivity contribution in [3.63, 3.8) is 0 Å². The van der Waals surface area contributed by atoms with E-state index >= 15 is 0 Å². The molecule has 0 fully saturated rings. The summed E-state index contributed by atoms with van der Waals surface area (Å²) in [6.45, 7) is 4.59.